The van der Waals surface area contributed by atoms with Crippen LogP contribution in [0.5, 0.6) is 5.75 Å². The van der Waals surface area contributed by atoms with E-state index in [1.807, 2.05) is 19.1 Å². The maximum Gasteiger partial charge on any atom is 0.343 e. The van der Waals surface area contributed by atoms with Gasteiger partial charge in [0.2, 0.25) is 0 Å². The molecule has 0 aliphatic rings. The van der Waals surface area contributed by atoms with Crippen LogP contribution in [0.25, 0.3) is 0 Å². The Morgan fingerprint density at radius 3 is 2.50 bits per heavy atom. The lowest BCUT2D eigenvalue weighted by molar-refractivity contribution is 0.0694. The number of nitrogens with zero attached hydrogens (tertiary/aromatic N) is 1. The van der Waals surface area contributed by atoms with Gasteiger partial charge in [0.1, 0.15) is 5.75 Å². The molecule has 0 bridgehead atoms. The van der Waals surface area contributed by atoms with Gasteiger partial charge in [-0.05, 0) is 61.0 Å². The summed E-state index contributed by atoms with van der Waals surface area (Å²) in [6.07, 6.45) is 1.58. The molecule has 0 saturated heterocycles. The Bertz CT molecular complexity index is 1080. The average molecular weight is 438 g/mol. The summed E-state index contributed by atoms with van der Waals surface area (Å²) in [5.41, 5.74) is 2.82. The van der Waals surface area contributed by atoms with E-state index in [9.17, 15) is 9.59 Å². The van der Waals surface area contributed by atoms with Gasteiger partial charge >= 0.3 is 11.9 Å². The molecule has 3 aromatic carbocycles. The van der Waals surface area contributed by atoms with Crippen molar-refractivity contribution in [3.05, 3.63) is 93.5 Å². The molecule has 0 aliphatic carbocycles. The van der Waals surface area contributed by atoms with E-state index in [0.29, 0.717) is 22.6 Å². The molecule has 0 radical (unpaired) electrons. The van der Waals surface area contributed by atoms with Crippen molar-refractivity contribution in [3.8, 4) is 5.75 Å². The summed E-state index contributed by atoms with van der Waals surface area (Å²) in [5.74, 6) is -1.08. The van der Waals surface area contributed by atoms with Crippen molar-refractivity contribution in [2.24, 2.45) is 4.99 Å². The smallest absolute Gasteiger partial charge is 0.343 e. The lowest BCUT2D eigenvalue weighted by atomic mass is 10.1. The minimum absolute atomic E-state index is 0.164. The van der Waals surface area contributed by atoms with Crippen LogP contribution >= 0.6 is 15.9 Å². The van der Waals surface area contributed by atoms with E-state index in [2.05, 4.69) is 20.9 Å². The number of rotatable bonds is 5. The first-order valence-electron chi connectivity index (χ1n) is 8.37. The SMILES string of the molecule is Cc1cccc(C(=O)Oc2cc(Br)cc(C=Nc3cccc(C(=O)O)c3)c2)c1. The summed E-state index contributed by atoms with van der Waals surface area (Å²) in [7, 11) is 0. The highest BCUT2D eigenvalue weighted by molar-refractivity contribution is 9.10. The van der Waals surface area contributed by atoms with Gasteiger partial charge in [0.05, 0.1) is 16.8 Å². The second-order valence-electron chi connectivity index (χ2n) is 6.09. The molecule has 0 heterocycles. The fourth-order valence-electron chi connectivity index (χ4n) is 2.52. The first kappa shape index (κ1) is 19.5. The van der Waals surface area contributed by atoms with Crippen LogP contribution in [0.2, 0.25) is 0 Å². The minimum atomic E-state index is -1.01. The molecule has 3 aromatic rings. The van der Waals surface area contributed by atoms with Crippen molar-refractivity contribution >= 4 is 39.8 Å². The zero-order valence-electron chi connectivity index (χ0n) is 14.9. The molecule has 0 atom stereocenters. The van der Waals surface area contributed by atoms with Crippen LogP contribution in [-0.4, -0.2) is 23.3 Å². The highest BCUT2D eigenvalue weighted by atomic mass is 79.9. The van der Waals surface area contributed by atoms with E-state index in [0.717, 1.165) is 10.0 Å². The van der Waals surface area contributed by atoms with Crippen LogP contribution < -0.4 is 4.74 Å². The number of esters is 1. The molecule has 0 unspecified atom stereocenters. The van der Waals surface area contributed by atoms with Crippen molar-refractivity contribution < 1.29 is 19.4 Å². The highest BCUT2D eigenvalue weighted by Gasteiger charge is 2.10. The van der Waals surface area contributed by atoms with Crippen LogP contribution in [0, 0.1) is 6.92 Å². The maximum atomic E-state index is 12.3. The predicted octanol–water partition coefficient (Wildman–Crippen LogP) is 5.43. The minimum Gasteiger partial charge on any atom is -0.478 e. The molecule has 0 aliphatic heterocycles. The Kier molecular flexibility index (Phi) is 6.01. The lowest BCUT2D eigenvalue weighted by Gasteiger charge is -2.07. The van der Waals surface area contributed by atoms with E-state index in [-0.39, 0.29) is 5.56 Å². The topological polar surface area (TPSA) is 76.0 Å². The first-order valence-corrected chi connectivity index (χ1v) is 9.17. The Morgan fingerprint density at radius 2 is 1.75 bits per heavy atom. The van der Waals surface area contributed by atoms with Crippen LogP contribution in [0.15, 0.2) is 76.2 Å². The molecule has 140 valence electrons. The number of aliphatic imine (C=N–C) groups is 1. The molecule has 1 N–H and O–H groups in total. The quantitative estimate of drug-likeness (QED) is 0.328. The average Bonchev–Trinajstić information content (AvgIpc) is 2.66. The molecule has 0 aromatic heterocycles. The van der Waals surface area contributed by atoms with E-state index in [1.165, 1.54) is 12.1 Å². The summed E-state index contributed by atoms with van der Waals surface area (Å²) >= 11 is 3.40. The maximum absolute atomic E-state index is 12.3. The molecule has 0 saturated carbocycles. The second-order valence-corrected chi connectivity index (χ2v) is 7.01. The number of carboxylic acids is 1. The first-order chi connectivity index (χ1) is 13.4. The number of carbonyl (C=O) groups is 2. The lowest BCUT2D eigenvalue weighted by Crippen LogP contribution is -2.08. The normalized spacial score (nSPS) is 10.8. The number of halogens is 1. The van der Waals surface area contributed by atoms with Crippen LogP contribution in [0.4, 0.5) is 5.69 Å². The zero-order chi connectivity index (χ0) is 20.1. The summed E-state index contributed by atoms with van der Waals surface area (Å²) < 4.78 is 6.20. The van der Waals surface area contributed by atoms with Gasteiger partial charge in [-0.3, -0.25) is 4.99 Å². The van der Waals surface area contributed by atoms with Crippen molar-refractivity contribution in [1.82, 2.24) is 0 Å². The third-order valence-electron chi connectivity index (χ3n) is 3.81. The highest BCUT2D eigenvalue weighted by Crippen LogP contribution is 2.23. The fourth-order valence-corrected chi connectivity index (χ4v) is 3.01. The largest absolute Gasteiger partial charge is 0.478 e. The number of aromatic carboxylic acids is 1. The van der Waals surface area contributed by atoms with Gasteiger partial charge in [0.15, 0.2) is 0 Å². The number of benzene rings is 3. The van der Waals surface area contributed by atoms with Crippen LogP contribution in [0.1, 0.15) is 31.8 Å². The molecule has 0 amide bonds. The number of hydrogen-bond donors (Lipinski definition) is 1. The molecular weight excluding hydrogens is 422 g/mol. The Hall–Kier alpha value is -3.25. The number of aryl methyl sites for hydroxylation is 1. The molecular formula is C22H16BrNO4. The van der Waals surface area contributed by atoms with Gasteiger partial charge < -0.3 is 9.84 Å². The van der Waals surface area contributed by atoms with Crippen molar-refractivity contribution in [2.75, 3.05) is 0 Å². The predicted molar refractivity (Wildman–Crippen MR) is 111 cm³/mol. The Labute approximate surface area is 170 Å². The standard InChI is InChI=1S/C22H16BrNO4/c1-14-4-2-6-17(8-14)22(27)28-20-10-15(9-18(23)12-20)13-24-19-7-3-5-16(11-19)21(25)26/h2-13H,1H3,(H,25,26). The summed E-state index contributed by atoms with van der Waals surface area (Å²) in [5, 5.41) is 9.06. The third kappa shape index (κ3) is 5.14. The number of carbonyl (C=O) groups excluding carboxylic acids is 1. The number of ether oxygens (including phenoxy) is 1. The van der Waals surface area contributed by atoms with Crippen molar-refractivity contribution in [2.45, 2.75) is 6.92 Å². The molecule has 28 heavy (non-hydrogen) atoms. The van der Waals surface area contributed by atoms with Gasteiger partial charge in [-0.15, -0.1) is 0 Å². The van der Waals surface area contributed by atoms with E-state index >= 15 is 0 Å². The third-order valence-corrected chi connectivity index (χ3v) is 4.27. The van der Waals surface area contributed by atoms with Crippen LogP contribution in [0.3, 0.4) is 0 Å². The monoisotopic (exact) mass is 437 g/mol. The summed E-state index contributed by atoms with van der Waals surface area (Å²) in [4.78, 5) is 27.7. The molecule has 0 spiro atoms. The van der Waals surface area contributed by atoms with Crippen LogP contribution in [-0.2, 0) is 0 Å². The van der Waals surface area contributed by atoms with Gasteiger partial charge in [-0.2, -0.15) is 0 Å². The van der Waals surface area contributed by atoms with Gasteiger partial charge in [-0.25, -0.2) is 9.59 Å². The summed E-state index contributed by atoms with van der Waals surface area (Å²) in [6, 6.07) is 18.7. The van der Waals surface area contributed by atoms with E-state index in [4.69, 9.17) is 9.84 Å². The number of carboxylic acid groups (broad SMARTS) is 1. The molecule has 5 nitrogen and oxygen atoms in total. The van der Waals surface area contributed by atoms with Gasteiger partial charge in [0.25, 0.3) is 0 Å². The fraction of sp³-hybridized carbons (Fsp3) is 0.0455. The Balaban J connectivity index is 1.80. The van der Waals surface area contributed by atoms with Crippen molar-refractivity contribution in [1.29, 1.82) is 0 Å². The van der Waals surface area contributed by atoms with E-state index in [1.54, 1.807) is 48.7 Å². The van der Waals surface area contributed by atoms with Gasteiger partial charge in [0, 0.05) is 10.7 Å². The van der Waals surface area contributed by atoms with E-state index < -0.39 is 11.9 Å². The molecule has 0 fully saturated rings. The Morgan fingerprint density at radius 1 is 1.00 bits per heavy atom. The molecule has 3 rings (SSSR count). The summed E-state index contributed by atoms with van der Waals surface area (Å²) in [6.45, 7) is 1.91. The van der Waals surface area contributed by atoms with Crippen molar-refractivity contribution in [3.63, 3.8) is 0 Å². The molecule has 6 heteroatoms. The second kappa shape index (κ2) is 8.63. The number of hydrogen-bond acceptors (Lipinski definition) is 4. The van der Waals surface area contributed by atoms with Gasteiger partial charge in [-0.1, -0.05) is 39.7 Å². The zero-order valence-corrected chi connectivity index (χ0v) is 16.5.